The van der Waals surface area contributed by atoms with Crippen LogP contribution in [0.15, 0.2) is 24.3 Å². The summed E-state index contributed by atoms with van der Waals surface area (Å²) in [6, 6.07) is 7.91. The van der Waals surface area contributed by atoms with Gasteiger partial charge in [-0.2, -0.15) is 0 Å². The van der Waals surface area contributed by atoms with Crippen molar-refractivity contribution in [1.82, 2.24) is 10.2 Å². The molecule has 4 aliphatic rings. The Morgan fingerprint density at radius 2 is 2.00 bits per heavy atom. The topological polar surface area (TPSA) is 67.9 Å². The maximum Gasteiger partial charge on any atom is 0.236 e. The predicted octanol–water partition coefficient (Wildman–Crippen LogP) is 1.65. The van der Waals surface area contributed by atoms with E-state index in [1.54, 1.807) is 4.90 Å². The van der Waals surface area contributed by atoms with Gasteiger partial charge in [-0.15, -0.1) is 0 Å². The zero-order chi connectivity index (χ0) is 17.7. The molecule has 1 aromatic carbocycles. The van der Waals surface area contributed by atoms with Crippen LogP contribution in [0.25, 0.3) is 0 Å². The number of carbonyl (C=O) groups is 2. The number of ether oxygens (including phenoxy) is 2. The highest BCUT2D eigenvalue weighted by Gasteiger charge is 2.61. The monoisotopic (exact) mass is 356 g/mol. The minimum absolute atomic E-state index is 0.0633. The molecule has 1 saturated carbocycles. The summed E-state index contributed by atoms with van der Waals surface area (Å²) < 4.78 is 11.7. The summed E-state index contributed by atoms with van der Waals surface area (Å²) in [6.45, 7) is 2.20. The largest absolute Gasteiger partial charge is 0.467 e. The minimum atomic E-state index is -0.672. The van der Waals surface area contributed by atoms with Crippen molar-refractivity contribution in [3.8, 4) is 5.75 Å². The van der Waals surface area contributed by atoms with Crippen LogP contribution in [0.5, 0.6) is 5.75 Å². The first-order chi connectivity index (χ1) is 12.7. The Bertz CT molecular complexity index is 745. The summed E-state index contributed by atoms with van der Waals surface area (Å²) in [5.74, 6) is -0.0567. The fraction of sp³-hybridized carbons (Fsp3) is 0.600. The van der Waals surface area contributed by atoms with E-state index in [1.165, 1.54) is 0 Å². The van der Waals surface area contributed by atoms with Crippen LogP contribution in [0.2, 0.25) is 0 Å². The lowest BCUT2D eigenvalue weighted by Crippen LogP contribution is -2.70. The van der Waals surface area contributed by atoms with Gasteiger partial charge in [-0.05, 0) is 24.5 Å². The highest BCUT2D eigenvalue weighted by molar-refractivity contribution is 6.02. The number of para-hydroxylation sites is 1. The fourth-order valence-corrected chi connectivity index (χ4v) is 5.32. The van der Waals surface area contributed by atoms with Gasteiger partial charge in [0.25, 0.3) is 0 Å². The maximum absolute atomic E-state index is 13.3. The summed E-state index contributed by atoms with van der Waals surface area (Å²) in [7, 11) is 0. The molecular weight excluding hydrogens is 332 g/mol. The van der Waals surface area contributed by atoms with Crippen molar-refractivity contribution in [3.05, 3.63) is 29.8 Å². The van der Waals surface area contributed by atoms with Crippen molar-refractivity contribution < 1.29 is 19.1 Å². The third kappa shape index (κ3) is 2.28. The SMILES string of the molecule is O=C1N[C@@]23CCCC[C@H]2[C@H](c2ccccc2O3)[C@H]1C(=O)N1CCOCC1. The molecule has 0 radical (unpaired) electrons. The van der Waals surface area contributed by atoms with E-state index in [0.717, 1.165) is 37.0 Å². The van der Waals surface area contributed by atoms with E-state index in [1.807, 2.05) is 24.3 Å². The molecule has 3 aliphatic heterocycles. The molecule has 3 heterocycles. The number of morpholine rings is 1. The van der Waals surface area contributed by atoms with E-state index in [0.29, 0.717) is 26.3 Å². The number of piperidine rings is 1. The molecule has 1 aromatic rings. The molecule has 3 fully saturated rings. The van der Waals surface area contributed by atoms with Gasteiger partial charge in [0.1, 0.15) is 11.7 Å². The Morgan fingerprint density at radius 3 is 2.85 bits per heavy atom. The molecular formula is C20H24N2O4. The third-order valence-electron chi connectivity index (χ3n) is 6.48. The van der Waals surface area contributed by atoms with E-state index < -0.39 is 11.6 Å². The van der Waals surface area contributed by atoms with Crippen LogP contribution in [-0.2, 0) is 14.3 Å². The van der Waals surface area contributed by atoms with Crippen LogP contribution in [0.3, 0.4) is 0 Å². The van der Waals surface area contributed by atoms with Crippen molar-refractivity contribution in [3.63, 3.8) is 0 Å². The van der Waals surface area contributed by atoms with Crippen LogP contribution < -0.4 is 10.1 Å². The lowest BCUT2D eigenvalue weighted by atomic mass is 9.62. The summed E-state index contributed by atoms with van der Waals surface area (Å²) >= 11 is 0. The third-order valence-corrected chi connectivity index (χ3v) is 6.48. The number of hydrogen-bond donors (Lipinski definition) is 1. The number of amides is 2. The highest BCUT2D eigenvalue weighted by atomic mass is 16.5. The number of nitrogens with zero attached hydrogens (tertiary/aromatic N) is 1. The van der Waals surface area contributed by atoms with E-state index in [-0.39, 0.29) is 23.7 Å². The van der Waals surface area contributed by atoms with Gasteiger partial charge in [-0.3, -0.25) is 9.59 Å². The maximum atomic E-state index is 13.3. The van der Waals surface area contributed by atoms with Gasteiger partial charge >= 0.3 is 0 Å². The van der Waals surface area contributed by atoms with Gasteiger partial charge in [-0.25, -0.2) is 0 Å². The fourth-order valence-electron chi connectivity index (χ4n) is 5.32. The summed E-state index contributed by atoms with van der Waals surface area (Å²) in [4.78, 5) is 28.2. The normalized spacial score (nSPS) is 35.6. The number of rotatable bonds is 1. The van der Waals surface area contributed by atoms with Gasteiger partial charge in [0.2, 0.25) is 11.8 Å². The molecule has 6 heteroatoms. The van der Waals surface area contributed by atoms with E-state index >= 15 is 0 Å². The van der Waals surface area contributed by atoms with Gasteiger partial charge in [0.15, 0.2) is 5.72 Å². The van der Waals surface area contributed by atoms with Crippen LogP contribution >= 0.6 is 0 Å². The molecule has 2 bridgehead atoms. The van der Waals surface area contributed by atoms with Crippen molar-refractivity contribution >= 4 is 11.8 Å². The highest BCUT2D eigenvalue weighted by Crippen LogP contribution is 2.55. The van der Waals surface area contributed by atoms with Crippen LogP contribution in [0.1, 0.15) is 37.2 Å². The van der Waals surface area contributed by atoms with Crippen molar-refractivity contribution in [1.29, 1.82) is 0 Å². The molecule has 6 nitrogen and oxygen atoms in total. The Labute approximate surface area is 152 Å². The molecule has 1 aliphatic carbocycles. The zero-order valence-corrected chi connectivity index (χ0v) is 14.8. The minimum Gasteiger partial charge on any atom is -0.467 e. The molecule has 2 saturated heterocycles. The standard InChI is InChI=1S/C20H24N2O4/c23-18-17(19(24)22-9-11-25-12-10-22)16-13-5-1-2-7-15(13)26-20(21-18)8-4-3-6-14(16)20/h1-2,5,7,14,16-17H,3-4,6,8-12H2,(H,21,23)/t14-,16-,17+,20+/m0/s1. The number of fused-ring (bicyclic) bond motifs is 2. The van der Waals surface area contributed by atoms with Gasteiger partial charge in [0, 0.05) is 31.3 Å². The average Bonchev–Trinajstić information content (AvgIpc) is 2.67. The van der Waals surface area contributed by atoms with E-state index in [9.17, 15) is 9.59 Å². The predicted molar refractivity (Wildman–Crippen MR) is 93.5 cm³/mol. The Morgan fingerprint density at radius 1 is 1.19 bits per heavy atom. The first-order valence-electron chi connectivity index (χ1n) is 9.66. The first kappa shape index (κ1) is 16.1. The second kappa shape index (κ2) is 5.98. The molecule has 138 valence electrons. The number of benzene rings is 1. The molecule has 26 heavy (non-hydrogen) atoms. The van der Waals surface area contributed by atoms with E-state index in [4.69, 9.17) is 9.47 Å². The Balaban J connectivity index is 1.58. The van der Waals surface area contributed by atoms with Crippen molar-refractivity contribution in [2.75, 3.05) is 26.3 Å². The summed E-state index contributed by atoms with van der Waals surface area (Å²) in [5.41, 5.74) is 0.368. The number of hydrogen-bond acceptors (Lipinski definition) is 4. The second-order valence-electron chi connectivity index (χ2n) is 7.81. The molecule has 1 N–H and O–H groups in total. The molecule has 2 amide bonds. The van der Waals surface area contributed by atoms with Crippen LogP contribution in [0, 0.1) is 11.8 Å². The first-order valence-corrected chi connectivity index (χ1v) is 9.66. The lowest BCUT2D eigenvalue weighted by Gasteiger charge is -2.56. The van der Waals surface area contributed by atoms with Crippen molar-refractivity contribution in [2.45, 2.75) is 37.3 Å². The average molecular weight is 356 g/mol. The van der Waals surface area contributed by atoms with Crippen LogP contribution in [0.4, 0.5) is 0 Å². The summed E-state index contributed by atoms with van der Waals surface area (Å²) in [6.07, 6.45) is 3.94. The molecule has 0 unspecified atom stereocenters. The Kier molecular flexibility index (Phi) is 3.71. The van der Waals surface area contributed by atoms with Crippen molar-refractivity contribution in [2.24, 2.45) is 11.8 Å². The number of carbonyl (C=O) groups excluding carboxylic acids is 2. The molecule has 4 atom stereocenters. The smallest absolute Gasteiger partial charge is 0.236 e. The van der Waals surface area contributed by atoms with Gasteiger partial charge in [0.05, 0.1) is 13.2 Å². The number of nitrogens with one attached hydrogen (secondary N) is 1. The van der Waals surface area contributed by atoms with Gasteiger partial charge < -0.3 is 19.7 Å². The second-order valence-corrected chi connectivity index (χ2v) is 7.81. The zero-order valence-electron chi connectivity index (χ0n) is 14.8. The molecule has 0 spiro atoms. The Hall–Kier alpha value is -2.08. The quantitative estimate of drug-likeness (QED) is 0.777. The molecule has 0 aromatic heterocycles. The van der Waals surface area contributed by atoms with Gasteiger partial charge in [-0.1, -0.05) is 24.6 Å². The van der Waals surface area contributed by atoms with Crippen LogP contribution in [-0.4, -0.2) is 48.7 Å². The lowest BCUT2D eigenvalue weighted by molar-refractivity contribution is -0.167. The summed E-state index contributed by atoms with van der Waals surface area (Å²) in [5, 5.41) is 3.13. The molecule has 5 rings (SSSR count). The van der Waals surface area contributed by atoms with E-state index in [2.05, 4.69) is 5.32 Å².